The molecule has 2 heterocycles. The minimum absolute atomic E-state index is 0.348. The molecular weight excluding hydrogens is 248 g/mol. The van der Waals surface area contributed by atoms with Crippen LogP contribution < -0.4 is 0 Å². The van der Waals surface area contributed by atoms with Crippen molar-refractivity contribution in [1.82, 2.24) is 9.55 Å². The first-order valence-corrected chi connectivity index (χ1v) is 7.19. The second-order valence-corrected chi connectivity index (χ2v) is 5.65. The molecule has 3 rings (SSSR count). The van der Waals surface area contributed by atoms with Crippen molar-refractivity contribution < 1.29 is 9.90 Å². The van der Waals surface area contributed by atoms with Gasteiger partial charge >= 0.3 is 5.97 Å². The van der Waals surface area contributed by atoms with Crippen molar-refractivity contribution in [1.29, 1.82) is 0 Å². The van der Waals surface area contributed by atoms with Crippen molar-refractivity contribution in [2.45, 2.75) is 18.9 Å². The molecule has 1 N–H and O–H groups in total. The van der Waals surface area contributed by atoms with Crippen molar-refractivity contribution in [2.75, 3.05) is 11.5 Å². The van der Waals surface area contributed by atoms with Gasteiger partial charge in [-0.2, -0.15) is 11.8 Å². The third kappa shape index (κ3) is 1.88. The SMILES string of the molecule is O=C(O)c1cccc2ncn(C3CCCSC3)c12. The van der Waals surface area contributed by atoms with Gasteiger partial charge in [-0.15, -0.1) is 0 Å². The molecule has 4 nitrogen and oxygen atoms in total. The highest BCUT2D eigenvalue weighted by Gasteiger charge is 2.20. The molecule has 0 radical (unpaired) electrons. The first-order valence-electron chi connectivity index (χ1n) is 6.04. The van der Waals surface area contributed by atoms with E-state index in [0.29, 0.717) is 11.6 Å². The molecule has 1 aliphatic rings. The maximum atomic E-state index is 11.3. The molecule has 1 aliphatic heterocycles. The van der Waals surface area contributed by atoms with Gasteiger partial charge in [-0.3, -0.25) is 0 Å². The lowest BCUT2D eigenvalue weighted by atomic mass is 10.1. The lowest BCUT2D eigenvalue weighted by Crippen LogP contribution is -2.16. The van der Waals surface area contributed by atoms with Crippen molar-refractivity contribution in [3.8, 4) is 0 Å². The van der Waals surface area contributed by atoms with Gasteiger partial charge in [-0.25, -0.2) is 9.78 Å². The number of carboxylic acids is 1. The number of aromatic carboxylic acids is 1. The number of rotatable bonds is 2. The fraction of sp³-hybridized carbons (Fsp3) is 0.385. The number of carbonyl (C=O) groups is 1. The van der Waals surface area contributed by atoms with Crippen molar-refractivity contribution >= 4 is 28.8 Å². The predicted molar refractivity (Wildman–Crippen MR) is 72.3 cm³/mol. The Morgan fingerprint density at radius 2 is 2.39 bits per heavy atom. The fourth-order valence-corrected chi connectivity index (χ4v) is 3.62. The van der Waals surface area contributed by atoms with Gasteiger partial charge in [0.2, 0.25) is 0 Å². The van der Waals surface area contributed by atoms with Crippen LogP contribution in [-0.4, -0.2) is 32.1 Å². The molecule has 1 aromatic heterocycles. The number of thioether (sulfide) groups is 1. The van der Waals surface area contributed by atoms with Crippen molar-refractivity contribution in [3.05, 3.63) is 30.1 Å². The molecule has 1 aromatic carbocycles. The third-order valence-electron chi connectivity index (χ3n) is 3.35. The predicted octanol–water partition coefficient (Wildman–Crippen LogP) is 2.80. The van der Waals surface area contributed by atoms with Gasteiger partial charge < -0.3 is 9.67 Å². The van der Waals surface area contributed by atoms with E-state index in [4.69, 9.17) is 0 Å². The molecule has 1 atom stereocenters. The van der Waals surface area contributed by atoms with E-state index in [1.54, 1.807) is 18.5 Å². The summed E-state index contributed by atoms with van der Waals surface area (Å²) in [4.78, 5) is 15.6. The topological polar surface area (TPSA) is 55.1 Å². The molecule has 94 valence electrons. The summed E-state index contributed by atoms with van der Waals surface area (Å²) >= 11 is 1.93. The Bertz CT molecular complexity index is 588. The first kappa shape index (κ1) is 11.6. The van der Waals surface area contributed by atoms with E-state index >= 15 is 0 Å². The maximum absolute atomic E-state index is 11.3. The number of fused-ring (bicyclic) bond motifs is 1. The fourth-order valence-electron chi connectivity index (χ4n) is 2.48. The van der Waals surface area contributed by atoms with Gasteiger partial charge in [0.05, 0.1) is 22.9 Å². The van der Waals surface area contributed by atoms with Crippen molar-refractivity contribution in [3.63, 3.8) is 0 Å². The molecule has 0 saturated carbocycles. The maximum Gasteiger partial charge on any atom is 0.337 e. The number of para-hydroxylation sites is 1. The quantitative estimate of drug-likeness (QED) is 0.904. The molecular formula is C13H14N2O2S. The van der Waals surface area contributed by atoms with E-state index in [0.717, 1.165) is 23.2 Å². The molecule has 5 heteroatoms. The molecule has 0 bridgehead atoms. The number of hydrogen-bond acceptors (Lipinski definition) is 3. The average Bonchev–Trinajstić information content (AvgIpc) is 2.83. The third-order valence-corrected chi connectivity index (χ3v) is 4.55. The van der Waals surface area contributed by atoms with Crippen LogP contribution in [0.25, 0.3) is 11.0 Å². The number of hydrogen-bond donors (Lipinski definition) is 1. The molecule has 1 unspecified atom stereocenters. The molecule has 0 amide bonds. The Hall–Kier alpha value is -1.49. The van der Waals surface area contributed by atoms with Gasteiger partial charge in [0.25, 0.3) is 0 Å². The van der Waals surface area contributed by atoms with Gasteiger partial charge in [-0.05, 0) is 30.7 Å². The standard InChI is InChI=1S/C13H14N2O2S/c16-13(17)10-4-1-5-11-12(10)15(8-14-11)9-3-2-6-18-7-9/h1,4-5,8-9H,2-3,6-7H2,(H,16,17). The number of imidazole rings is 1. The summed E-state index contributed by atoms with van der Waals surface area (Å²) in [6.07, 6.45) is 4.07. The molecule has 1 saturated heterocycles. The molecule has 2 aromatic rings. The smallest absolute Gasteiger partial charge is 0.337 e. The van der Waals surface area contributed by atoms with E-state index in [1.807, 2.05) is 22.4 Å². The zero-order chi connectivity index (χ0) is 12.5. The zero-order valence-corrected chi connectivity index (χ0v) is 10.7. The molecule has 0 aliphatic carbocycles. The molecule has 0 spiro atoms. The summed E-state index contributed by atoms with van der Waals surface area (Å²) in [5.41, 5.74) is 1.88. The van der Waals surface area contributed by atoms with E-state index in [2.05, 4.69) is 4.98 Å². The second kappa shape index (κ2) is 4.65. The summed E-state index contributed by atoms with van der Waals surface area (Å²) in [5.74, 6) is 1.36. The molecule has 18 heavy (non-hydrogen) atoms. The Labute approximate surface area is 109 Å². The Morgan fingerprint density at radius 1 is 1.50 bits per heavy atom. The lowest BCUT2D eigenvalue weighted by Gasteiger charge is -2.23. The van der Waals surface area contributed by atoms with Crippen molar-refractivity contribution in [2.24, 2.45) is 0 Å². The van der Waals surface area contributed by atoms with Crippen LogP contribution in [0.5, 0.6) is 0 Å². The van der Waals surface area contributed by atoms with E-state index < -0.39 is 5.97 Å². The van der Waals surface area contributed by atoms with Crippen LogP contribution in [0.1, 0.15) is 29.2 Å². The normalized spacial score (nSPS) is 20.1. The number of carboxylic acid groups (broad SMARTS) is 1. The number of nitrogens with zero attached hydrogens (tertiary/aromatic N) is 2. The van der Waals surface area contributed by atoms with Gasteiger partial charge in [-0.1, -0.05) is 6.07 Å². The van der Waals surface area contributed by atoms with Crippen LogP contribution >= 0.6 is 11.8 Å². The van der Waals surface area contributed by atoms with Gasteiger partial charge in [0, 0.05) is 11.8 Å². The van der Waals surface area contributed by atoms with E-state index in [9.17, 15) is 9.90 Å². The zero-order valence-electron chi connectivity index (χ0n) is 9.87. The average molecular weight is 262 g/mol. The first-order chi connectivity index (χ1) is 8.77. The van der Waals surface area contributed by atoms with Gasteiger partial charge in [0.15, 0.2) is 0 Å². The highest BCUT2D eigenvalue weighted by Crippen LogP contribution is 2.30. The van der Waals surface area contributed by atoms with E-state index in [1.165, 1.54) is 12.2 Å². The molecule has 1 fully saturated rings. The summed E-state index contributed by atoms with van der Waals surface area (Å²) in [6, 6.07) is 5.64. The monoisotopic (exact) mass is 262 g/mol. The Morgan fingerprint density at radius 3 is 3.11 bits per heavy atom. The van der Waals surface area contributed by atoms with Crippen LogP contribution in [0.2, 0.25) is 0 Å². The van der Waals surface area contributed by atoms with Crippen LogP contribution in [0.15, 0.2) is 24.5 Å². The van der Waals surface area contributed by atoms with E-state index in [-0.39, 0.29) is 0 Å². The van der Waals surface area contributed by atoms with Gasteiger partial charge in [0.1, 0.15) is 0 Å². The summed E-state index contributed by atoms with van der Waals surface area (Å²) in [6.45, 7) is 0. The Kier molecular flexibility index (Phi) is 2.99. The highest BCUT2D eigenvalue weighted by atomic mass is 32.2. The highest BCUT2D eigenvalue weighted by molar-refractivity contribution is 7.99. The lowest BCUT2D eigenvalue weighted by molar-refractivity contribution is 0.0698. The van der Waals surface area contributed by atoms with Crippen LogP contribution in [0.4, 0.5) is 0 Å². The summed E-state index contributed by atoms with van der Waals surface area (Å²) in [7, 11) is 0. The van der Waals surface area contributed by atoms with Crippen LogP contribution in [0, 0.1) is 0 Å². The number of aromatic nitrogens is 2. The minimum Gasteiger partial charge on any atom is -0.478 e. The Balaban J connectivity index is 2.14. The minimum atomic E-state index is -0.884. The summed E-state index contributed by atoms with van der Waals surface area (Å²) in [5, 5.41) is 9.28. The van der Waals surface area contributed by atoms with Crippen LogP contribution in [-0.2, 0) is 0 Å². The largest absolute Gasteiger partial charge is 0.478 e. The summed E-state index contributed by atoms with van der Waals surface area (Å²) < 4.78 is 2.05. The second-order valence-electron chi connectivity index (χ2n) is 4.50. The van der Waals surface area contributed by atoms with Crippen LogP contribution in [0.3, 0.4) is 0 Å². The number of benzene rings is 1.